The Morgan fingerprint density at radius 1 is 1.26 bits per heavy atom. The van der Waals surface area contributed by atoms with Crippen LogP contribution in [0.3, 0.4) is 0 Å². The Labute approximate surface area is 135 Å². The molecule has 0 bridgehead atoms. The van der Waals surface area contributed by atoms with Gasteiger partial charge in [-0.1, -0.05) is 44.2 Å². The number of methoxy groups -OCH3 is 1. The van der Waals surface area contributed by atoms with Gasteiger partial charge in [-0.15, -0.1) is 4.73 Å². The average Bonchev–Trinajstić information content (AvgIpc) is 2.55. The summed E-state index contributed by atoms with van der Waals surface area (Å²) < 4.78 is 11.5. The van der Waals surface area contributed by atoms with Gasteiger partial charge in [0.1, 0.15) is 6.61 Å². The molecule has 23 heavy (non-hydrogen) atoms. The molecular weight excluding hydrogens is 296 g/mol. The van der Waals surface area contributed by atoms with E-state index < -0.39 is 6.61 Å². The molecule has 0 aliphatic rings. The lowest BCUT2D eigenvalue weighted by Gasteiger charge is -2.15. The highest BCUT2D eigenvalue weighted by atomic mass is 16.5. The van der Waals surface area contributed by atoms with Gasteiger partial charge in [0, 0.05) is 6.42 Å². The lowest BCUT2D eigenvalue weighted by molar-refractivity contribution is -0.622. The minimum absolute atomic E-state index is 0.00945. The van der Waals surface area contributed by atoms with Gasteiger partial charge in [0.05, 0.1) is 13.7 Å². The Hall–Kier alpha value is -2.34. The number of ether oxygens (including phenoxy) is 2. The third-order valence-corrected chi connectivity index (χ3v) is 3.32. The van der Waals surface area contributed by atoms with Gasteiger partial charge in [-0.2, -0.15) is 4.98 Å². The maximum atomic E-state index is 12.5. The number of benzene rings is 1. The molecule has 0 aliphatic carbocycles. The molecule has 6 nitrogen and oxygen atoms in total. The Bertz CT molecular complexity index is 645. The minimum atomic E-state index is -0.394. The van der Waals surface area contributed by atoms with Crippen molar-refractivity contribution in [1.29, 1.82) is 0 Å². The number of hydrogen-bond acceptors (Lipinski definition) is 5. The third-order valence-electron chi connectivity index (χ3n) is 3.32. The summed E-state index contributed by atoms with van der Waals surface area (Å²) in [6, 6.07) is 9.63. The fourth-order valence-corrected chi connectivity index (χ4v) is 2.26. The molecule has 0 fully saturated rings. The fourth-order valence-electron chi connectivity index (χ4n) is 2.26. The lowest BCUT2D eigenvalue weighted by atomic mass is 10.1. The Kier molecular flexibility index (Phi) is 5.76. The van der Waals surface area contributed by atoms with Crippen LogP contribution in [0.2, 0.25) is 0 Å². The SMILES string of the molecule is COc1c(CO)nc(OCc2ccccc2)c(CC(C)C)[n+]1[O-]. The van der Waals surface area contributed by atoms with E-state index >= 15 is 0 Å². The summed E-state index contributed by atoms with van der Waals surface area (Å²) in [7, 11) is 1.38. The monoisotopic (exact) mass is 318 g/mol. The van der Waals surface area contributed by atoms with E-state index in [0.29, 0.717) is 23.5 Å². The second kappa shape index (κ2) is 7.78. The molecular formula is C17H22N2O4. The average molecular weight is 318 g/mol. The van der Waals surface area contributed by atoms with E-state index in [2.05, 4.69) is 4.98 Å². The Morgan fingerprint density at radius 2 is 1.96 bits per heavy atom. The zero-order chi connectivity index (χ0) is 16.8. The molecule has 0 atom stereocenters. The van der Waals surface area contributed by atoms with E-state index in [1.54, 1.807) is 0 Å². The zero-order valence-corrected chi connectivity index (χ0v) is 13.7. The van der Waals surface area contributed by atoms with Gasteiger partial charge in [-0.3, -0.25) is 0 Å². The summed E-state index contributed by atoms with van der Waals surface area (Å²) in [5.74, 6) is 0.498. The largest absolute Gasteiger partial charge is 0.616 e. The molecule has 0 radical (unpaired) electrons. The molecule has 0 saturated carbocycles. The summed E-state index contributed by atoms with van der Waals surface area (Å²) in [5, 5.41) is 21.9. The van der Waals surface area contributed by atoms with E-state index in [9.17, 15) is 10.3 Å². The molecule has 2 aromatic rings. The molecule has 1 N–H and O–H groups in total. The quantitative estimate of drug-likeness (QED) is 0.624. The van der Waals surface area contributed by atoms with Crippen molar-refractivity contribution in [2.45, 2.75) is 33.5 Å². The van der Waals surface area contributed by atoms with Gasteiger partial charge in [-0.05, 0) is 11.5 Å². The number of aliphatic hydroxyl groups is 1. The summed E-state index contributed by atoms with van der Waals surface area (Å²) in [5.41, 5.74) is 1.55. The van der Waals surface area contributed by atoms with Gasteiger partial charge >= 0.3 is 5.88 Å². The van der Waals surface area contributed by atoms with Crippen LogP contribution in [0.25, 0.3) is 0 Å². The van der Waals surface area contributed by atoms with Crippen molar-refractivity contribution in [2.24, 2.45) is 5.92 Å². The standard InChI is InChI=1S/C17H22N2O4/c1-12(2)9-15-16(23-11-13-7-5-4-6-8-13)18-14(10-20)17(22-3)19(15)21/h4-8,12,20H,9-11H2,1-3H3. The van der Waals surface area contributed by atoms with Crippen LogP contribution in [0.4, 0.5) is 0 Å². The van der Waals surface area contributed by atoms with Crippen LogP contribution in [-0.2, 0) is 19.6 Å². The van der Waals surface area contributed by atoms with E-state index in [1.165, 1.54) is 7.11 Å². The Morgan fingerprint density at radius 3 is 2.52 bits per heavy atom. The first-order chi connectivity index (χ1) is 11.1. The molecule has 1 aromatic carbocycles. The number of nitrogens with zero attached hydrogens (tertiary/aromatic N) is 2. The molecule has 0 unspecified atom stereocenters. The first kappa shape index (κ1) is 17.0. The first-order valence-electron chi connectivity index (χ1n) is 7.53. The van der Waals surface area contributed by atoms with E-state index in [1.807, 2.05) is 44.2 Å². The maximum Gasteiger partial charge on any atom is 0.404 e. The molecule has 1 aromatic heterocycles. The minimum Gasteiger partial charge on any atom is -0.616 e. The van der Waals surface area contributed by atoms with Crippen molar-refractivity contribution in [3.8, 4) is 11.8 Å². The second-order valence-electron chi connectivity index (χ2n) is 5.64. The highest BCUT2D eigenvalue weighted by Gasteiger charge is 2.26. The van der Waals surface area contributed by atoms with Crippen LogP contribution in [0, 0.1) is 11.1 Å². The first-order valence-corrected chi connectivity index (χ1v) is 7.53. The number of hydrogen-bond donors (Lipinski definition) is 1. The van der Waals surface area contributed by atoms with Crippen molar-refractivity contribution in [1.82, 2.24) is 4.98 Å². The molecule has 6 heteroatoms. The fraction of sp³-hybridized carbons (Fsp3) is 0.412. The van der Waals surface area contributed by atoms with Crippen LogP contribution in [0.15, 0.2) is 30.3 Å². The third kappa shape index (κ3) is 4.10. The van der Waals surface area contributed by atoms with Crippen LogP contribution in [-0.4, -0.2) is 17.2 Å². The molecule has 0 saturated heterocycles. The smallest absolute Gasteiger partial charge is 0.404 e. The number of aromatic nitrogens is 2. The maximum absolute atomic E-state index is 12.5. The van der Waals surface area contributed by atoms with E-state index in [-0.39, 0.29) is 23.4 Å². The van der Waals surface area contributed by atoms with Gasteiger partial charge in [0.25, 0.3) is 11.6 Å². The van der Waals surface area contributed by atoms with Crippen molar-refractivity contribution in [3.63, 3.8) is 0 Å². The summed E-state index contributed by atoms with van der Waals surface area (Å²) >= 11 is 0. The van der Waals surface area contributed by atoms with Gasteiger partial charge in [-0.25, -0.2) is 0 Å². The lowest BCUT2D eigenvalue weighted by Crippen LogP contribution is -2.37. The highest BCUT2D eigenvalue weighted by molar-refractivity contribution is 5.24. The molecule has 0 amide bonds. The summed E-state index contributed by atoms with van der Waals surface area (Å²) in [4.78, 5) is 4.27. The van der Waals surface area contributed by atoms with Crippen LogP contribution >= 0.6 is 0 Å². The molecule has 2 rings (SSSR count). The highest BCUT2D eigenvalue weighted by Crippen LogP contribution is 2.23. The van der Waals surface area contributed by atoms with Crippen LogP contribution < -0.4 is 14.2 Å². The zero-order valence-electron chi connectivity index (χ0n) is 13.7. The molecule has 0 spiro atoms. The molecule has 1 heterocycles. The van der Waals surface area contributed by atoms with Gasteiger partial charge < -0.3 is 19.8 Å². The van der Waals surface area contributed by atoms with E-state index in [4.69, 9.17) is 9.47 Å². The van der Waals surface area contributed by atoms with Crippen molar-refractivity contribution < 1.29 is 19.3 Å². The predicted molar refractivity (Wildman–Crippen MR) is 85.0 cm³/mol. The van der Waals surface area contributed by atoms with Crippen molar-refractivity contribution in [3.05, 3.63) is 52.5 Å². The molecule has 0 aliphatic heterocycles. The van der Waals surface area contributed by atoms with Crippen LogP contribution in [0.5, 0.6) is 11.8 Å². The topological polar surface area (TPSA) is 78.5 Å². The molecule has 124 valence electrons. The predicted octanol–water partition coefficient (Wildman–Crippen LogP) is 1.99. The van der Waals surface area contributed by atoms with Crippen LogP contribution in [0.1, 0.15) is 30.8 Å². The normalized spacial score (nSPS) is 10.8. The van der Waals surface area contributed by atoms with Gasteiger partial charge in [0.2, 0.25) is 0 Å². The van der Waals surface area contributed by atoms with E-state index in [0.717, 1.165) is 5.56 Å². The summed E-state index contributed by atoms with van der Waals surface area (Å²) in [6.45, 7) is 3.92. The van der Waals surface area contributed by atoms with Crippen molar-refractivity contribution in [2.75, 3.05) is 7.11 Å². The number of rotatable bonds is 7. The summed E-state index contributed by atoms with van der Waals surface area (Å²) in [6.07, 6.45) is 0.503. The Balaban J connectivity index is 2.37. The second-order valence-corrected chi connectivity index (χ2v) is 5.64. The van der Waals surface area contributed by atoms with Crippen molar-refractivity contribution >= 4 is 0 Å². The van der Waals surface area contributed by atoms with Gasteiger partial charge in [0.15, 0.2) is 5.69 Å². The number of aliphatic hydroxyl groups excluding tert-OH is 1.